The van der Waals surface area contributed by atoms with Crippen molar-refractivity contribution in [1.29, 1.82) is 0 Å². The van der Waals surface area contributed by atoms with Crippen molar-refractivity contribution in [3.8, 4) is 0 Å². The van der Waals surface area contributed by atoms with Gasteiger partial charge in [0.15, 0.2) is 0 Å². The molecule has 0 spiro atoms. The summed E-state index contributed by atoms with van der Waals surface area (Å²) in [6.45, 7) is 2.11. The topological polar surface area (TPSA) is 0 Å². The summed E-state index contributed by atoms with van der Waals surface area (Å²) < 4.78 is 0.733. The quantitative estimate of drug-likeness (QED) is 0.514. The Morgan fingerprint density at radius 3 is 2.50 bits per heavy atom. The highest BCUT2D eigenvalue weighted by atomic mass is 79.9. The van der Waals surface area contributed by atoms with Crippen LogP contribution in [0.2, 0.25) is 10.0 Å². The Labute approximate surface area is 108 Å². The second-order valence-corrected chi connectivity index (χ2v) is 4.85. The lowest BCUT2D eigenvalue weighted by atomic mass is 10.0. The molecule has 0 amide bonds. The third-order valence-corrected chi connectivity index (χ3v) is 4.27. The zero-order chi connectivity index (χ0) is 10.7. The van der Waals surface area contributed by atoms with Gasteiger partial charge in [-0.05, 0) is 39.5 Å². The van der Waals surface area contributed by atoms with Crippen LogP contribution in [0, 0.1) is 0 Å². The van der Waals surface area contributed by atoms with Crippen LogP contribution in [0.4, 0.5) is 0 Å². The zero-order valence-corrected chi connectivity index (χ0v) is 11.6. The summed E-state index contributed by atoms with van der Waals surface area (Å²) in [6, 6.07) is 1.93. The van der Waals surface area contributed by atoms with E-state index >= 15 is 0 Å². The van der Waals surface area contributed by atoms with E-state index in [0.717, 1.165) is 28.4 Å². The van der Waals surface area contributed by atoms with E-state index in [-0.39, 0.29) is 0 Å². The van der Waals surface area contributed by atoms with Gasteiger partial charge in [0.1, 0.15) is 0 Å². The monoisotopic (exact) mass is 314 g/mol. The first-order chi connectivity index (χ1) is 6.61. The average molecular weight is 316 g/mol. The van der Waals surface area contributed by atoms with Crippen LogP contribution in [-0.4, -0.2) is 0 Å². The average Bonchev–Trinajstić information content (AvgIpc) is 2.16. The lowest BCUT2D eigenvalue weighted by Crippen LogP contribution is -1.94. The standard InChI is InChI=1S/C10H10BrCl3/c1-2-3-6-4-8(13)9(11)10(14)7(6)5-12/h4H,2-3,5H2,1H3. The van der Waals surface area contributed by atoms with E-state index in [9.17, 15) is 0 Å². The summed E-state index contributed by atoms with van der Waals surface area (Å²) in [5, 5.41) is 1.28. The molecule has 0 radical (unpaired) electrons. The van der Waals surface area contributed by atoms with Crippen molar-refractivity contribution in [1.82, 2.24) is 0 Å². The SMILES string of the molecule is CCCc1cc(Cl)c(Br)c(Cl)c1CCl. The van der Waals surface area contributed by atoms with Crippen molar-refractivity contribution in [2.24, 2.45) is 0 Å². The Morgan fingerprint density at radius 1 is 1.36 bits per heavy atom. The zero-order valence-electron chi connectivity index (χ0n) is 7.71. The van der Waals surface area contributed by atoms with Crippen molar-refractivity contribution in [3.05, 3.63) is 31.7 Å². The number of benzene rings is 1. The smallest absolute Gasteiger partial charge is 0.0610 e. The highest BCUT2D eigenvalue weighted by Crippen LogP contribution is 2.36. The molecule has 0 unspecified atom stereocenters. The molecule has 0 bridgehead atoms. The van der Waals surface area contributed by atoms with Gasteiger partial charge in [-0.2, -0.15) is 0 Å². The first kappa shape index (κ1) is 12.6. The van der Waals surface area contributed by atoms with E-state index in [1.165, 1.54) is 0 Å². The maximum absolute atomic E-state index is 6.12. The predicted octanol–water partition coefficient (Wildman–Crippen LogP) is 5.45. The molecule has 0 atom stereocenters. The van der Waals surface area contributed by atoms with Crippen LogP contribution in [-0.2, 0) is 12.3 Å². The summed E-state index contributed by atoms with van der Waals surface area (Å²) in [6.07, 6.45) is 2.01. The summed E-state index contributed by atoms with van der Waals surface area (Å²) in [5.41, 5.74) is 2.12. The van der Waals surface area contributed by atoms with Crippen molar-refractivity contribution < 1.29 is 0 Å². The van der Waals surface area contributed by atoms with Gasteiger partial charge in [-0.15, -0.1) is 11.6 Å². The molecule has 14 heavy (non-hydrogen) atoms. The van der Waals surface area contributed by atoms with E-state index < -0.39 is 0 Å². The minimum Gasteiger partial charge on any atom is -0.121 e. The van der Waals surface area contributed by atoms with E-state index in [0.29, 0.717) is 15.9 Å². The Bertz CT molecular complexity index is 337. The number of rotatable bonds is 3. The fourth-order valence-corrected chi connectivity index (χ4v) is 2.61. The van der Waals surface area contributed by atoms with Gasteiger partial charge >= 0.3 is 0 Å². The first-order valence-corrected chi connectivity index (χ1v) is 6.41. The minimum atomic E-state index is 0.421. The van der Waals surface area contributed by atoms with E-state index in [4.69, 9.17) is 34.8 Å². The maximum atomic E-state index is 6.12. The molecular formula is C10H10BrCl3. The number of alkyl halides is 1. The molecule has 0 saturated heterocycles. The van der Waals surface area contributed by atoms with Crippen LogP contribution >= 0.6 is 50.7 Å². The molecule has 0 aromatic heterocycles. The number of halogens is 4. The Morgan fingerprint density at radius 2 is 2.00 bits per heavy atom. The van der Waals surface area contributed by atoms with Crippen molar-refractivity contribution in [3.63, 3.8) is 0 Å². The molecule has 0 fully saturated rings. The highest BCUT2D eigenvalue weighted by molar-refractivity contribution is 9.10. The van der Waals surface area contributed by atoms with Gasteiger partial charge in [-0.1, -0.05) is 36.5 Å². The van der Waals surface area contributed by atoms with Crippen LogP contribution in [0.1, 0.15) is 24.5 Å². The van der Waals surface area contributed by atoms with Crippen molar-refractivity contribution >= 4 is 50.7 Å². The molecule has 4 heteroatoms. The molecule has 1 rings (SSSR count). The molecule has 0 aliphatic heterocycles. The van der Waals surface area contributed by atoms with Gasteiger partial charge in [0, 0.05) is 5.88 Å². The lowest BCUT2D eigenvalue weighted by Gasteiger charge is -2.11. The van der Waals surface area contributed by atoms with Crippen LogP contribution in [0.15, 0.2) is 10.5 Å². The largest absolute Gasteiger partial charge is 0.121 e. The fraction of sp³-hybridized carbons (Fsp3) is 0.400. The maximum Gasteiger partial charge on any atom is 0.0610 e. The Kier molecular flexibility index (Phi) is 5.05. The number of hydrogen-bond donors (Lipinski definition) is 0. The predicted molar refractivity (Wildman–Crippen MR) is 67.7 cm³/mol. The summed E-state index contributed by atoms with van der Waals surface area (Å²) in [4.78, 5) is 0. The lowest BCUT2D eigenvalue weighted by molar-refractivity contribution is 0.910. The van der Waals surface area contributed by atoms with Crippen LogP contribution in [0.25, 0.3) is 0 Å². The Hall–Kier alpha value is 0.570. The molecule has 78 valence electrons. The second kappa shape index (κ2) is 5.60. The molecule has 0 heterocycles. The summed E-state index contributed by atoms with van der Waals surface area (Å²) >= 11 is 21.3. The molecule has 0 nitrogen and oxygen atoms in total. The third-order valence-electron chi connectivity index (χ3n) is 2.01. The van der Waals surface area contributed by atoms with Gasteiger partial charge in [0.05, 0.1) is 14.5 Å². The van der Waals surface area contributed by atoms with Crippen molar-refractivity contribution in [2.45, 2.75) is 25.6 Å². The number of hydrogen-bond acceptors (Lipinski definition) is 0. The molecule has 0 aliphatic carbocycles. The molecule has 1 aromatic carbocycles. The third kappa shape index (κ3) is 2.57. The second-order valence-electron chi connectivity index (χ2n) is 3.01. The molecule has 0 N–H and O–H groups in total. The van der Waals surface area contributed by atoms with E-state index in [1.54, 1.807) is 0 Å². The van der Waals surface area contributed by atoms with Crippen LogP contribution in [0.3, 0.4) is 0 Å². The van der Waals surface area contributed by atoms with Crippen molar-refractivity contribution in [2.75, 3.05) is 0 Å². The molecular weight excluding hydrogens is 306 g/mol. The van der Waals surface area contributed by atoms with Crippen LogP contribution < -0.4 is 0 Å². The van der Waals surface area contributed by atoms with Gasteiger partial charge in [-0.25, -0.2) is 0 Å². The Balaban J connectivity index is 3.28. The normalized spacial score (nSPS) is 10.6. The fourth-order valence-electron chi connectivity index (χ4n) is 1.32. The number of aryl methyl sites for hydroxylation is 1. The van der Waals surface area contributed by atoms with Gasteiger partial charge in [0.25, 0.3) is 0 Å². The molecule has 0 aliphatic rings. The highest BCUT2D eigenvalue weighted by Gasteiger charge is 2.12. The van der Waals surface area contributed by atoms with E-state index in [2.05, 4.69) is 22.9 Å². The van der Waals surface area contributed by atoms with Crippen LogP contribution in [0.5, 0.6) is 0 Å². The van der Waals surface area contributed by atoms with Gasteiger partial charge in [0.2, 0.25) is 0 Å². The van der Waals surface area contributed by atoms with Gasteiger partial charge < -0.3 is 0 Å². The summed E-state index contributed by atoms with van der Waals surface area (Å²) in [5.74, 6) is 0.421. The summed E-state index contributed by atoms with van der Waals surface area (Å²) in [7, 11) is 0. The minimum absolute atomic E-state index is 0.421. The molecule has 0 saturated carbocycles. The van der Waals surface area contributed by atoms with E-state index in [1.807, 2.05) is 6.07 Å². The molecule has 1 aromatic rings. The first-order valence-electron chi connectivity index (χ1n) is 4.33. The van der Waals surface area contributed by atoms with Gasteiger partial charge in [-0.3, -0.25) is 0 Å².